The van der Waals surface area contributed by atoms with Gasteiger partial charge in [0.25, 0.3) is 0 Å². The van der Waals surface area contributed by atoms with Gasteiger partial charge in [0.2, 0.25) is 0 Å². The minimum Gasteiger partial charge on any atom is -0.367 e. The van der Waals surface area contributed by atoms with E-state index in [2.05, 4.69) is 29.2 Å². The Bertz CT molecular complexity index is 799. The maximum Gasteiger partial charge on any atom is 0.194 e. The molecule has 3 rings (SSSR count). The third-order valence-electron chi connectivity index (χ3n) is 5.16. The van der Waals surface area contributed by atoms with Crippen LogP contribution in [0.15, 0.2) is 33.8 Å². The number of halogens is 1. The molecule has 0 saturated carbocycles. The Kier molecular flexibility index (Phi) is 7.25. The molecule has 0 bridgehead atoms. The van der Waals surface area contributed by atoms with E-state index in [-0.39, 0.29) is 18.0 Å². The van der Waals surface area contributed by atoms with Gasteiger partial charge in [-0.3, -0.25) is 4.99 Å². The number of benzene rings is 1. The van der Waals surface area contributed by atoms with E-state index in [9.17, 15) is 4.39 Å². The number of morpholine rings is 1. The van der Waals surface area contributed by atoms with Crippen molar-refractivity contribution in [1.82, 2.24) is 15.4 Å². The predicted octanol–water partition coefficient (Wildman–Crippen LogP) is 3.79. The van der Waals surface area contributed by atoms with Crippen LogP contribution >= 0.6 is 0 Å². The van der Waals surface area contributed by atoms with Crippen molar-refractivity contribution in [2.45, 2.75) is 52.7 Å². The number of hydrogen-bond acceptors (Lipinski definition) is 4. The number of aryl methyl sites for hydroxylation is 2. The Morgan fingerprint density at radius 3 is 2.69 bits per heavy atom. The molecule has 1 aromatic heterocycles. The second kappa shape index (κ2) is 9.87. The lowest BCUT2D eigenvalue weighted by Crippen LogP contribution is -2.50. The molecule has 6 nitrogen and oxygen atoms in total. The number of guanidine groups is 1. The molecule has 2 aromatic rings. The van der Waals surface area contributed by atoms with Gasteiger partial charge in [-0.2, -0.15) is 0 Å². The third kappa shape index (κ3) is 5.56. The van der Waals surface area contributed by atoms with Crippen molar-refractivity contribution in [2.75, 3.05) is 26.2 Å². The minimum absolute atomic E-state index is 0.0602. The Morgan fingerprint density at radius 2 is 2.03 bits per heavy atom. The smallest absolute Gasteiger partial charge is 0.194 e. The van der Waals surface area contributed by atoms with Crippen LogP contribution in [0.25, 0.3) is 0 Å². The minimum atomic E-state index is -0.234. The Balaban J connectivity index is 1.64. The van der Waals surface area contributed by atoms with Crippen LogP contribution in [0.2, 0.25) is 0 Å². The van der Waals surface area contributed by atoms with Crippen LogP contribution in [0.1, 0.15) is 49.0 Å². The molecule has 1 fully saturated rings. The van der Waals surface area contributed by atoms with Crippen LogP contribution in [-0.4, -0.2) is 48.3 Å². The molecular formula is C22H31FN4O2. The van der Waals surface area contributed by atoms with Gasteiger partial charge in [-0.15, -0.1) is 0 Å². The summed E-state index contributed by atoms with van der Waals surface area (Å²) in [5.41, 5.74) is 3.13. The monoisotopic (exact) mass is 402 g/mol. The Morgan fingerprint density at radius 1 is 1.28 bits per heavy atom. The summed E-state index contributed by atoms with van der Waals surface area (Å²) < 4.78 is 24.6. The molecular weight excluding hydrogens is 371 g/mol. The molecule has 2 atom stereocenters. The second-order valence-electron chi connectivity index (χ2n) is 7.53. The summed E-state index contributed by atoms with van der Waals surface area (Å²) in [7, 11) is 0. The maximum atomic E-state index is 13.3. The van der Waals surface area contributed by atoms with Gasteiger partial charge in [0, 0.05) is 25.2 Å². The molecule has 1 aliphatic heterocycles. The molecule has 1 saturated heterocycles. The summed E-state index contributed by atoms with van der Waals surface area (Å²) in [6, 6.07) is 6.56. The topological polar surface area (TPSA) is 62.9 Å². The lowest BCUT2D eigenvalue weighted by Gasteiger charge is -2.38. The zero-order chi connectivity index (χ0) is 20.8. The summed E-state index contributed by atoms with van der Waals surface area (Å²) in [6.07, 6.45) is 1.79. The number of rotatable bonds is 6. The lowest BCUT2D eigenvalue weighted by molar-refractivity contribution is -0.0605. The highest BCUT2D eigenvalue weighted by Gasteiger charge is 2.28. The van der Waals surface area contributed by atoms with E-state index in [0.717, 1.165) is 55.5 Å². The van der Waals surface area contributed by atoms with Crippen molar-refractivity contribution in [3.05, 3.63) is 52.7 Å². The van der Waals surface area contributed by atoms with Crippen LogP contribution in [0.5, 0.6) is 0 Å². The van der Waals surface area contributed by atoms with Crippen molar-refractivity contribution >= 4 is 5.96 Å². The number of hydrogen-bond donors (Lipinski definition) is 1. The van der Waals surface area contributed by atoms with E-state index < -0.39 is 0 Å². The average Bonchev–Trinajstić information content (AvgIpc) is 3.02. The molecule has 7 heteroatoms. The Hall–Kier alpha value is -2.41. The normalized spacial score (nSPS) is 20.2. The van der Waals surface area contributed by atoms with Crippen molar-refractivity contribution < 1.29 is 13.7 Å². The highest BCUT2D eigenvalue weighted by Crippen LogP contribution is 2.25. The molecule has 1 aliphatic rings. The fraction of sp³-hybridized carbons (Fsp3) is 0.545. The third-order valence-corrected chi connectivity index (χ3v) is 5.16. The zero-order valence-corrected chi connectivity index (χ0v) is 17.7. The van der Waals surface area contributed by atoms with Crippen molar-refractivity contribution in [2.24, 2.45) is 4.99 Å². The summed E-state index contributed by atoms with van der Waals surface area (Å²) >= 11 is 0. The molecule has 1 N–H and O–H groups in total. The molecule has 0 radical (unpaired) electrons. The number of nitrogens with one attached hydrogen (secondary N) is 1. The zero-order valence-electron chi connectivity index (χ0n) is 17.7. The molecule has 0 amide bonds. The van der Waals surface area contributed by atoms with Crippen LogP contribution in [0, 0.1) is 19.7 Å². The van der Waals surface area contributed by atoms with Crippen LogP contribution in [0.3, 0.4) is 0 Å². The highest BCUT2D eigenvalue weighted by molar-refractivity contribution is 5.80. The lowest BCUT2D eigenvalue weighted by atomic mass is 10.1. The largest absolute Gasteiger partial charge is 0.367 e. The van der Waals surface area contributed by atoms with E-state index in [4.69, 9.17) is 14.3 Å². The maximum absolute atomic E-state index is 13.3. The summed E-state index contributed by atoms with van der Waals surface area (Å²) in [5.74, 6) is 1.55. The first kappa shape index (κ1) is 21.3. The van der Waals surface area contributed by atoms with E-state index in [1.54, 1.807) is 12.1 Å². The van der Waals surface area contributed by atoms with E-state index in [0.29, 0.717) is 6.54 Å². The molecule has 0 aliphatic carbocycles. The summed E-state index contributed by atoms with van der Waals surface area (Å²) in [4.78, 5) is 7.08. The first-order valence-corrected chi connectivity index (χ1v) is 10.3. The number of ether oxygens (including phenoxy) is 1. The first-order valence-electron chi connectivity index (χ1n) is 10.3. The van der Waals surface area contributed by atoms with Gasteiger partial charge < -0.3 is 19.5 Å². The molecule has 0 spiro atoms. The molecule has 1 aromatic carbocycles. The van der Waals surface area contributed by atoms with E-state index in [1.807, 2.05) is 13.8 Å². The van der Waals surface area contributed by atoms with E-state index in [1.165, 1.54) is 17.7 Å². The fourth-order valence-electron chi connectivity index (χ4n) is 3.71. The van der Waals surface area contributed by atoms with Crippen molar-refractivity contribution in [3.8, 4) is 0 Å². The standard InChI is InChI=1S/C22H31FN4O2/c1-5-24-22(25-12-6-7-20-16(3)26-29-17(20)4)27-13-15(2)28-21(14-27)18-8-10-19(23)11-9-18/h8-11,15,21H,5-7,12-14H2,1-4H3,(H,24,25). The van der Waals surface area contributed by atoms with Gasteiger partial charge in [-0.05, 0) is 58.2 Å². The first-order chi connectivity index (χ1) is 14.0. The second-order valence-corrected chi connectivity index (χ2v) is 7.53. The van der Waals surface area contributed by atoms with E-state index >= 15 is 0 Å². The number of aliphatic imine (C=N–C) groups is 1. The Labute approximate surface area is 172 Å². The molecule has 2 unspecified atom stereocenters. The van der Waals surface area contributed by atoms with Gasteiger partial charge in [-0.25, -0.2) is 4.39 Å². The van der Waals surface area contributed by atoms with Crippen molar-refractivity contribution in [1.29, 1.82) is 0 Å². The molecule has 2 heterocycles. The number of aromatic nitrogens is 1. The number of nitrogens with zero attached hydrogens (tertiary/aromatic N) is 3. The molecule has 29 heavy (non-hydrogen) atoms. The van der Waals surface area contributed by atoms with Gasteiger partial charge in [0.15, 0.2) is 5.96 Å². The van der Waals surface area contributed by atoms with Gasteiger partial charge in [-0.1, -0.05) is 17.3 Å². The molecule has 158 valence electrons. The average molecular weight is 403 g/mol. The predicted molar refractivity (Wildman–Crippen MR) is 112 cm³/mol. The van der Waals surface area contributed by atoms with Crippen LogP contribution in [0.4, 0.5) is 4.39 Å². The van der Waals surface area contributed by atoms with Gasteiger partial charge >= 0.3 is 0 Å². The van der Waals surface area contributed by atoms with Gasteiger partial charge in [0.1, 0.15) is 17.7 Å². The summed E-state index contributed by atoms with van der Waals surface area (Å²) in [5, 5.41) is 7.41. The quantitative estimate of drug-likeness (QED) is 0.452. The van der Waals surface area contributed by atoms with Crippen molar-refractivity contribution in [3.63, 3.8) is 0 Å². The highest BCUT2D eigenvalue weighted by atomic mass is 19.1. The summed E-state index contributed by atoms with van der Waals surface area (Å²) in [6.45, 7) is 11.0. The SMILES string of the molecule is CCNC(=NCCCc1c(C)noc1C)N1CC(C)OC(c2ccc(F)cc2)C1. The van der Waals surface area contributed by atoms with Gasteiger partial charge in [0.05, 0.1) is 18.3 Å². The fourth-order valence-corrected chi connectivity index (χ4v) is 3.71. The van der Waals surface area contributed by atoms with Crippen LogP contribution < -0.4 is 5.32 Å². The van der Waals surface area contributed by atoms with Crippen LogP contribution in [-0.2, 0) is 11.2 Å².